The number of nitro groups is 3. The second kappa shape index (κ2) is 10.2. The van der Waals surface area contributed by atoms with Gasteiger partial charge in [0.05, 0.1) is 4.92 Å². The van der Waals surface area contributed by atoms with Gasteiger partial charge >= 0.3 is 0 Å². The first-order valence-corrected chi connectivity index (χ1v) is 11.5. The van der Waals surface area contributed by atoms with Gasteiger partial charge in [0.1, 0.15) is 0 Å². The highest BCUT2D eigenvalue weighted by Gasteiger charge is 2.46. The largest absolute Gasteiger partial charge is 0.269 e. The number of rotatable bonds is 9. The molecular weight excluding hydrogens is 414 g/mol. The highest BCUT2D eigenvalue weighted by atomic mass is 16.6. The molecule has 0 saturated heterocycles. The molecule has 0 unspecified atom stereocenters. The van der Waals surface area contributed by atoms with Crippen LogP contribution in [0.25, 0.3) is 6.08 Å². The lowest BCUT2D eigenvalue weighted by atomic mass is 9.74. The first kappa shape index (κ1) is 23.8. The summed E-state index contributed by atoms with van der Waals surface area (Å²) in [7, 11) is 0. The topological polar surface area (TPSA) is 129 Å². The molecule has 2 fully saturated rings. The highest BCUT2D eigenvalue weighted by molar-refractivity contribution is 5.55. The second-order valence-electron chi connectivity index (χ2n) is 9.41. The summed E-state index contributed by atoms with van der Waals surface area (Å²) in [5.41, 5.74) is -0.462. The van der Waals surface area contributed by atoms with E-state index >= 15 is 0 Å². The Bertz CT molecular complexity index is 868. The fraction of sp³-hybridized carbons (Fsp3) is 0.652. The Morgan fingerprint density at radius 1 is 0.781 bits per heavy atom. The zero-order valence-electron chi connectivity index (χ0n) is 18.4. The predicted octanol–water partition coefficient (Wildman–Crippen LogP) is 6.11. The fourth-order valence-corrected chi connectivity index (χ4v) is 5.32. The maximum Gasteiger partial charge on any atom is 0.269 e. The predicted molar refractivity (Wildman–Crippen MR) is 121 cm³/mol. The SMILES string of the molecule is O=[N+]([O-])c1ccc(/C=C(\CCC2([N+](=O)[O-])CCCCC2)CC2([N+](=O)[O-])CCCCC2)cc1. The van der Waals surface area contributed by atoms with Crippen LogP contribution in [0.5, 0.6) is 0 Å². The van der Waals surface area contributed by atoms with Crippen LogP contribution in [0.1, 0.15) is 89.0 Å². The molecule has 0 spiro atoms. The van der Waals surface area contributed by atoms with E-state index in [0.717, 1.165) is 49.7 Å². The Balaban J connectivity index is 1.88. The maximum atomic E-state index is 12.1. The molecule has 174 valence electrons. The molecule has 2 aliphatic rings. The van der Waals surface area contributed by atoms with Crippen molar-refractivity contribution in [2.45, 2.75) is 94.5 Å². The molecule has 3 rings (SSSR count). The lowest BCUT2D eigenvalue weighted by molar-refractivity contribution is -0.577. The third-order valence-corrected chi connectivity index (χ3v) is 7.29. The molecule has 0 bridgehead atoms. The minimum absolute atomic E-state index is 0.0211. The Morgan fingerprint density at radius 2 is 1.28 bits per heavy atom. The van der Waals surface area contributed by atoms with Gasteiger partial charge < -0.3 is 0 Å². The van der Waals surface area contributed by atoms with Gasteiger partial charge in [-0.05, 0) is 49.8 Å². The summed E-state index contributed by atoms with van der Waals surface area (Å²) in [5, 5.41) is 34.9. The molecular formula is C23H31N3O6. The average molecular weight is 446 g/mol. The van der Waals surface area contributed by atoms with Crippen LogP contribution in [0.15, 0.2) is 29.8 Å². The molecule has 0 heterocycles. The van der Waals surface area contributed by atoms with Crippen LogP contribution >= 0.6 is 0 Å². The number of nitro benzene ring substituents is 1. The summed E-state index contributed by atoms with van der Waals surface area (Å²) in [5.74, 6) is 0. The summed E-state index contributed by atoms with van der Waals surface area (Å²) in [6.07, 6.45) is 10.3. The van der Waals surface area contributed by atoms with Crippen LogP contribution < -0.4 is 0 Å². The fourth-order valence-electron chi connectivity index (χ4n) is 5.32. The summed E-state index contributed by atoms with van der Waals surface area (Å²) in [4.78, 5) is 34.2. The van der Waals surface area contributed by atoms with E-state index in [4.69, 9.17) is 0 Å². The summed E-state index contributed by atoms with van der Waals surface area (Å²) in [6, 6.07) is 6.07. The van der Waals surface area contributed by atoms with E-state index in [0.29, 0.717) is 38.5 Å². The molecule has 0 radical (unpaired) electrons. The van der Waals surface area contributed by atoms with Gasteiger partial charge in [0.25, 0.3) is 5.69 Å². The van der Waals surface area contributed by atoms with E-state index in [2.05, 4.69) is 0 Å². The van der Waals surface area contributed by atoms with Crippen LogP contribution in [-0.4, -0.2) is 25.8 Å². The number of benzene rings is 1. The second-order valence-corrected chi connectivity index (χ2v) is 9.41. The molecule has 2 saturated carbocycles. The minimum atomic E-state index is -1.03. The Morgan fingerprint density at radius 3 is 1.75 bits per heavy atom. The minimum Gasteiger partial charge on any atom is -0.264 e. The van der Waals surface area contributed by atoms with Crippen LogP contribution in [-0.2, 0) is 0 Å². The summed E-state index contributed by atoms with van der Waals surface area (Å²) >= 11 is 0. The third-order valence-electron chi connectivity index (χ3n) is 7.29. The molecule has 9 nitrogen and oxygen atoms in total. The van der Waals surface area contributed by atoms with Gasteiger partial charge in [0, 0.05) is 60.5 Å². The van der Waals surface area contributed by atoms with E-state index < -0.39 is 16.0 Å². The van der Waals surface area contributed by atoms with Crippen molar-refractivity contribution >= 4 is 11.8 Å². The lowest BCUT2D eigenvalue weighted by Crippen LogP contribution is -2.42. The van der Waals surface area contributed by atoms with Crippen molar-refractivity contribution in [1.82, 2.24) is 0 Å². The van der Waals surface area contributed by atoms with Crippen molar-refractivity contribution in [2.24, 2.45) is 0 Å². The summed E-state index contributed by atoms with van der Waals surface area (Å²) in [6.45, 7) is 0. The van der Waals surface area contributed by atoms with E-state index in [1.807, 2.05) is 6.08 Å². The summed E-state index contributed by atoms with van der Waals surface area (Å²) < 4.78 is 0. The lowest BCUT2D eigenvalue weighted by Gasteiger charge is -2.32. The standard InChI is InChI=1S/C23H31N3O6/c27-24(28)21-9-7-19(8-10-21)17-20(18-23(26(31)32)14-5-2-6-15-23)11-16-22(25(29)30)12-3-1-4-13-22/h7-10,17H,1-6,11-16,18H2/b20-17+. The van der Waals surface area contributed by atoms with Gasteiger partial charge in [-0.2, -0.15) is 0 Å². The van der Waals surface area contributed by atoms with Crippen LogP contribution in [0.3, 0.4) is 0 Å². The van der Waals surface area contributed by atoms with Gasteiger partial charge in [0.15, 0.2) is 0 Å². The smallest absolute Gasteiger partial charge is 0.264 e. The van der Waals surface area contributed by atoms with Gasteiger partial charge in [-0.25, -0.2) is 0 Å². The molecule has 1 aromatic carbocycles. The molecule has 0 N–H and O–H groups in total. The van der Waals surface area contributed by atoms with E-state index in [-0.39, 0.29) is 22.0 Å². The molecule has 0 aliphatic heterocycles. The number of hydrogen-bond donors (Lipinski definition) is 0. The number of nitrogens with zero attached hydrogens (tertiary/aromatic N) is 3. The normalized spacial score (nSPS) is 20.4. The number of non-ortho nitro benzene ring substituents is 1. The first-order valence-electron chi connectivity index (χ1n) is 11.5. The first-order chi connectivity index (χ1) is 15.3. The van der Waals surface area contributed by atoms with E-state index in [1.54, 1.807) is 12.1 Å². The van der Waals surface area contributed by atoms with Crippen molar-refractivity contribution in [3.63, 3.8) is 0 Å². The third kappa shape index (κ3) is 5.49. The van der Waals surface area contributed by atoms with Gasteiger partial charge in [-0.1, -0.05) is 24.5 Å². The molecule has 2 aliphatic carbocycles. The molecule has 9 heteroatoms. The van der Waals surface area contributed by atoms with Crippen LogP contribution in [0.2, 0.25) is 0 Å². The van der Waals surface area contributed by atoms with Crippen molar-refractivity contribution < 1.29 is 14.8 Å². The van der Waals surface area contributed by atoms with E-state index in [1.165, 1.54) is 12.1 Å². The maximum absolute atomic E-state index is 12.1. The highest BCUT2D eigenvalue weighted by Crippen LogP contribution is 2.40. The molecule has 1 aromatic rings. The van der Waals surface area contributed by atoms with Crippen LogP contribution in [0, 0.1) is 30.3 Å². The molecule has 0 aromatic heterocycles. The van der Waals surface area contributed by atoms with E-state index in [9.17, 15) is 30.3 Å². The van der Waals surface area contributed by atoms with Crippen molar-refractivity contribution in [1.29, 1.82) is 0 Å². The van der Waals surface area contributed by atoms with Crippen LogP contribution in [0.4, 0.5) is 5.69 Å². The average Bonchev–Trinajstić information content (AvgIpc) is 2.79. The zero-order valence-corrected chi connectivity index (χ0v) is 18.4. The molecule has 0 atom stereocenters. The van der Waals surface area contributed by atoms with Gasteiger partial charge in [0.2, 0.25) is 11.1 Å². The molecule has 0 amide bonds. The Hall–Kier alpha value is -2.84. The Labute approximate surface area is 187 Å². The monoisotopic (exact) mass is 445 g/mol. The quantitative estimate of drug-likeness (QED) is 0.333. The van der Waals surface area contributed by atoms with Gasteiger partial charge in [-0.15, -0.1) is 0 Å². The number of hydrogen-bond acceptors (Lipinski definition) is 6. The van der Waals surface area contributed by atoms with Crippen molar-refractivity contribution in [3.05, 3.63) is 65.7 Å². The Kier molecular flexibility index (Phi) is 7.58. The van der Waals surface area contributed by atoms with Gasteiger partial charge in [-0.3, -0.25) is 30.3 Å². The zero-order chi connectivity index (χ0) is 23.2. The van der Waals surface area contributed by atoms with Crippen molar-refractivity contribution in [2.75, 3.05) is 0 Å². The molecule has 32 heavy (non-hydrogen) atoms. The van der Waals surface area contributed by atoms with Crippen molar-refractivity contribution in [3.8, 4) is 0 Å².